The Morgan fingerprint density at radius 1 is 1.32 bits per heavy atom. The number of ether oxygens (including phenoxy) is 1. The van der Waals surface area contributed by atoms with Crippen LogP contribution in [0.3, 0.4) is 0 Å². The van der Waals surface area contributed by atoms with E-state index in [1.165, 1.54) is 6.20 Å². The Bertz CT molecular complexity index is 662. The van der Waals surface area contributed by atoms with Crippen LogP contribution in [0.25, 0.3) is 0 Å². The summed E-state index contributed by atoms with van der Waals surface area (Å²) in [5.41, 5.74) is 2.88. The predicted octanol–water partition coefficient (Wildman–Crippen LogP) is 3.35. The van der Waals surface area contributed by atoms with E-state index in [0.717, 1.165) is 11.3 Å². The SMILES string of the molecule is COCCNc1cncc(C(=O)Nc2cc(Cl)ccc2C)c1. The minimum absolute atomic E-state index is 0.228. The number of aromatic nitrogens is 1. The number of amides is 1. The van der Waals surface area contributed by atoms with Gasteiger partial charge < -0.3 is 15.4 Å². The van der Waals surface area contributed by atoms with Gasteiger partial charge in [-0.2, -0.15) is 0 Å². The zero-order valence-corrected chi connectivity index (χ0v) is 13.3. The molecule has 0 aliphatic heterocycles. The molecule has 2 aromatic rings. The molecule has 2 N–H and O–H groups in total. The molecule has 1 heterocycles. The van der Waals surface area contributed by atoms with E-state index in [-0.39, 0.29) is 5.91 Å². The van der Waals surface area contributed by atoms with Crippen molar-refractivity contribution in [2.24, 2.45) is 0 Å². The van der Waals surface area contributed by atoms with Crippen molar-refractivity contribution < 1.29 is 9.53 Å². The van der Waals surface area contributed by atoms with Crippen molar-refractivity contribution in [3.63, 3.8) is 0 Å². The van der Waals surface area contributed by atoms with Crippen LogP contribution in [-0.4, -0.2) is 31.2 Å². The summed E-state index contributed by atoms with van der Waals surface area (Å²) < 4.78 is 4.97. The van der Waals surface area contributed by atoms with Crippen LogP contribution in [0.15, 0.2) is 36.7 Å². The molecule has 5 nitrogen and oxygen atoms in total. The smallest absolute Gasteiger partial charge is 0.257 e. The fourth-order valence-corrected chi connectivity index (χ4v) is 2.05. The van der Waals surface area contributed by atoms with E-state index in [1.807, 2.05) is 13.0 Å². The summed E-state index contributed by atoms with van der Waals surface area (Å²) in [7, 11) is 1.64. The first kappa shape index (κ1) is 16.3. The van der Waals surface area contributed by atoms with Crippen molar-refractivity contribution in [2.75, 3.05) is 30.9 Å². The molecule has 0 bridgehead atoms. The molecule has 0 spiro atoms. The lowest BCUT2D eigenvalue weighted by Gasteiger charge is -2.10. The number of nitrogens with zero attached hydrogens (tertiary/aromatic N) is 1. The van der Waals surface area contributed by atoms with Crippen LogP contribution in [0, 0.1) is 6.92 Å². The van der Waals surface area contributed by atoms with Gasteiger partial charge in [-0.3, -0.25) is 9.78 Å². The van der Waals surface area contributed by atoms with Crippen LogP contribution in [0.2, 0.25) is 5.02 Å². The standard InChI is InChI=1S/C16H18ClN3O2/c1-11-3-4-13(17)8-15(11)20-16(21)12-7-14(10-18-9-12)19-5-6-22-2/h3-4,7-10,19H,5-6H2,1-2H3,(H,20,21). The second kappa shape index (κ2) is 7.77. The van der Waals surface area contributed by atoms with E-state index in [4.69, 9.17) is 16.3 Å². The van der Waals surface area contributed by atoms with Crippen LogP contribution in [0.1, 0.15) is 15.9 Å². The molecule has 22 heavy (non-hydrogen) atoms. The average Bonchev–Trinajstić information content (AvgIpc) is 2.51. The highest BCUT2D eigenvalue weighted by Gasteiger charge is 2.09. The van der Waals surface area contributed by atoms with Crippen molar-refractivity contribution >= 4 is 28.9 Å². The maximum Gasteiger partial charge on any atom is 0.257 e. The third-order valence-electron chi connectivity index (χ3n) is 3.08. The summed E-state index contributed by atoms with van der Waals surface area (Å²) in [4.78, 5) is 16.4. The van der Waals surface area contributed by atoms with Crippen molar-refractivity contribution in [3.8, 4) is 0 Å². The number of rotatable bonds is 6. The maximum absolute atomic E-state index is 12.3. The first-order chi connectivity index (χ1) is 10.6. The molecule has 0 unspecified atom stereocenters. The van der Waals surface area contributed by atoms with Crippen molar-refractivity contribution in [1.29, 1.82) is 0 Å². The van der Waals surface area contributed by atoms with E-state index >= 15 is 0 Å². The topological polar surface area (TPSA) is 63.2 Å². The van der Waals surface area contributed by atoms with E-state index in [0.29, 0.717) is 29.4 Å². The molecule has 1 amide bonds. The quantitative estimate of drug-likeness (QED) is 0.801. The predicted molar refractivity (Wildman–Crippen MR) is 88.7 cm³/mol. The molecule has 0 saturated carbocycles. The van der Waals surface area contributed by atoms with Crippen molar-refractivity contribution in [2.45, 2.75) is 6.92 Å². The maximum atomic E-state index is 12.3. The summed E-state index contributed by atoms with van der Waals surface area (Å²) >= 11 is 5.96. The van der Waals surface area contributed by atoms with E-state index in [1.54, 1.807) is 31.5 Å². The molecule has 116 valence electrons. The molecule has 1 aromatic carbocycles. The number of anilines is 2. The Balaban J connectivity index is 2.09. The summed E-state index contributed by atoms with van der Waals surface area (Å²) in [5.74, 6) is -0.228. The molecule has 0 atom stereocenters. The van der Waals surface area contributed by atoms with Crippen LogP contribution in [0.5, 0.6) is 0 Å². The lowest BCUT2D eigenvalue weighted by atomic mass is 10.2. The Kier molecular flexibility index (Phi) is 5.75. The lowest BCUT2D eigenvalue weighted by molar-refractivity contribution is 0.102. The van der Waals surface area contributed by atoms with Crippen LogP contribution in [-0.2, 0) is 4.74 Å². The molecule has 1 aromatic heterocycles. The zero-order valence-electron chi connectivity index (χ0n) is 12.5. The molecule has 0 aliphatic rings. The first-order valence-electron chi connectivity index (χ1n) is 6.85. The van der Waals surface area contributed by atoms with Gasteiger partial charge in [0.1, 0.15) is 0 Å². The average molecular weight is 320 g/mol. The van der Waals surface area contributed by atoms with Gasteiger partial charge in [0.05, 0.1) is 17.9 Å². The largest absolute Gasteiger partial charge is 0.383 e. The molecule has 0 aliphatic carbocycles. The number of carbonyl (C=O) groups excluding carboxylic acids is 1. The van der Waals surface area contributed by atoms with E-state index in [2.05, 4.69) is 15.6 Å². The van der Waals surface area contributed by atoms with E-state index < -0.39 is 0 Å². The molecular formula is C16H18ClN3O2. The summed E-state index contributed by atoms with van der Waals surface area (Å²) in [6.07, 6.45) is 3.19. The fraction of sp³-hybridized carbons (Fsp3) is 0.250. The molecule has 0 saturated heterocycles. The first-order valence-corrected chi connectivity index (χ1v) is 7.23. The number of benzene rings is 1. The van der Waals surface area contributed by atoms with Gasteiger partial charge in [0.25, 0.3) is 5.91 Å². The Hall–Kier alpha value is -2.11. The van der Waals surface area contributed by atoms with Gasteiger partial charge in [-0.25, -0.2) is 0 Å². The number of halogens is 1. The minimum Gasteiger partial charge on any atom is -0.383 e. The summed E-state index contributed by atoms with van der Waals surface area (Å²) in [5, 5.41) is 6.56. The second-order valence-electron chi connectivity index (χ2n) is 4.80. The Labute approximate surface area is 134 Å². The van der Waals surface area contributed by atoms with Gasteiger partial charge >= 0.3 is 0 Å². The third-order valence-corrected chi connectivity index (χ3v) is 3.32. The van der Waals surface area contributed by atoms with Gasteiger partial charge in [0.2, 0.25) is 0 Å². The highest BCUT2D eigenvalue weighted by atomic mass is 35.5. The zero-order chi connectivity index (χ0) is 15.9. The number of aryl methyl sites for hydroxylation is 1. The number of methoxy groups -OCH3 is 1. The number of pyridine rings is 1. The van der Waals surface area contributed by atoms with E-state index in [9.17, 15) is 4.79 Å². The van der Waals surface area contributed by atoms with Gasteiger partial charge in [0.15, 0.2) is 0 Å². The number of hydrogen-bond donors (Lipinski definition) is 2. The monoisotopic (exact) mass is 319 g/mol. The fourth-order valence-electron chi connectivity index (χ4n) is 1.88. The van der Waals surface area contributed by atoms with Gasteiger partial charge in [-0.1, -0.05) is 17.7 Å². The van der Waals surface area contributed by atoms with Gasteiger partial charge in [-0.15, -0.1) is 0 Å². The Morgan fingerprint density at radius 2 is 2.14 bits per heavy atom. The van der Waals surface area contributed by atoms with Crippen LogP contribution in [0.4, 0.5) is 11.4 Å². The highest BCUT2D eigenvalue weighted by Crippen LogP contribution is 2.21. The number of nitrogens with one attached hydrogen (secondary N) is 2. The minimum atomic E-state index is -0.228. The summed E-state index contributed by atoms with van der Waals surface area (Å²) in [6.45, 7) is 3.14. The lowest BCUT2D eigenvalue weighted by Crippen LogP contribution is -2.14. The Morgan fingerprint density at radius 3 is 2.91 bits per heavy atom. The molecule has 0 radical (unpaired) electrons. The molecular weight excluding hydrogens is 302 g/mol. The van der Waals surface area contributed by atoms with Gasteiger partial charge in [0, 0.05) is 36.8 Å². The van der Waals surface area contributed by atoms with Crippen molar-refractivity contribution in [3.05, 3.63) is 52.8 Å². The van der Waals surface area contributed by atoms with Crippen molar-refractivity contribution in [1.82, 2.24) is 4.98 Å². The molecule has 2 rings (SSSR count). The number of hydrogen-bond acceptors (Lipinski definition) is 4. The normalized spacial score (nSPS) is 10.3. The third kappa shape index (κ3) is 4.44. The molecule has 6 heteroatoms. The van der Waals surface area contributed by atoms with Gasteiger partial charge in [-0.05, 0) is 30.7 Å². The highest BCUT2D eigenvalue weighted by molar-refractivity contribution is 6.31. The van der Waals surface area contributed by atoms with Crippen LogP contribution < -0.4 is 10.6 Å². The number of carbonyl (C=O) groups is 1. The van der Waals surface area contributed by atoms with Crippen LogP contribution >= 0.6 is 11.6 Å². The second-order valence-corrected chi connectivity index (χ2v) is 5.23. The molecule has 0 fully saturated rings. The summed E-state index contributed by atoms with van der Waals surface area (Å²) in [6, 6.07) is 7.12.